The number of carboxylic acid groups (broad SMARTS) is 1. The lowest BCUT2D eigenvalue weighted by molar-refractivity contribution is 0.135. The molecular formula is C24H27N3O2S. The first-order valence-corrected chi connectivity index (χ1v) is 11.1. The molecule has 1 aromatic heterocycles. The molecule has 0 saturated heterocycles. The number of rotatable bonds is 3. The number of nitrogens with zero attached hydrogens (tertiary/aromatic N) is 3. The molecule has 0 spiro atoms. The highest BCUT2D eigenvalue weighted by Gasteiger charge is 2.33. The average molecular weight is 422 g/mol. The van der Waals surface area contributed by atoms with Crippen molar-refractivity contribution < 1.29 is 9.90 Å². The lowest BCUT2D eigenvalue weighted by Gasteiger charge is -2.33. The molecule has 1 aliphatic heterocycles. The Morgan fingerprint density at radius 1 is 1.17 bits per heavy atom. The summed E-state index contributed by atoms with van der Waals surface area (Å²) in [6.45, 7) is 7.69. The summed E-state index contributed by atoms with van der Waals surface area (Å²) < 4.78 is 3.93. The Hall–Kier alpha value is -2.73. The topological polar surface area (TPSA) is 66.3 Å². The van der Waals surface area contributed by atoms with E-state index in [1.165, 1.54) is 33.8 Å². The molecule has 0 saturated carbocycles. The second-order valence-electron chi connectivity index (χ2n) is 9.09. The van der Waals surface area contributed by atoms with E-state index in [1.54, 1.807) is 4.90 Å². The number of hydrogen-bond acceptors (Lipinski definition) is 4. The highest BCUT2D eigenvalue weighted by Crippen LogP contribution is 2.39. The van der Waals surface area contributed by atoms with Crippen molar-refractivity contribution >= 4 is 17.6 Å². The Kier molecular flexibility index (Phi) is 5.60. The van der Waals surface area contributed by atoms with Crippen molar-refractivity contribution in [3.8, 4) is 11.3 Å². The van der Waals surface area contributed by atoms with Gasteiger partial charge in [0, 0.05) is 30.0 Å². The molecule has 1 aliphatic rings. The number of aromatic nitrogens is 2. The van der Waals surface area contributed by atoms with Crippen LogP contribution in [0.5, 0.6) is 0 Å². The van der Waals surface area contributed by atoms with Crippen LogP contribution in [0.3, 0.4) is 0 Å². The summed E-state index contributed by atoms with van der Waals surface area (Å²) >= 11 is 1.36. The largest absolute Gasteiger partial charge is 0.465 e. The van der Waals surface area contributed by atoms with Crippen molar-refractivity contribution in [2.75, 3.05) is 13.1 Å². The van der Waals surface area contributed by atoms with E-state index in [9.17, 15) is 9.90 Å². The number of carbonyl (C=O) groups is 1. The molecule has 0 bridgehead atoms. The zero-order chi connectivity index (χ0) is 21.3. The van der Waals surface area contributed by atoms with Crippen LogP contribution in [0.25, 0.3) is 11.3 Å². The molecule has 1 amide bonds. The van der Waals surface area contributed by atoms with Crippen LogP contribution in [0.15, 0.2) is 47.8 Å². The van der Waals surface area contributed by atoms with Gasteiger partial charge in [-0.3, -0.25) is 0 Å². The third-order valence-corrected chi connectivity index (χ3v) is 6.48. The third kappa shape index (κ3) is 4.38. The SMILES string of the molecule is CC(C)(C)C1CN(C(=O)O)CCc2cc(Cc3ccc(-c4csnn4)cc3)ccc21. The van der Waals surface area contributed by atoms with E-state index in [-0.39, 0.29) is 11.3 Å². The van der Waals surface area contributed by atoms with E-state index >= 15 is 0 Å². The minimum atomic E-state index is -0.826. The normalized spacial score (nSPS) is 16.8. The van der Waals surface area contributed by atoms with Gasteiger partial charge < -0.3 is 10.0 Å². The van der Waals surface area contributed by atoms with Crippen molar-refractivity contribution in [2.45, 2.75) is 39.5 Å². The van der Waals surface area contributed by atoms with E-state index in [0.29, 0.717) is 13.1 Å². The first kappa shape index (κ1) is 20.5. The summed E-state index contributed by atoms with van der Waals surface area (Å²) in [7, 11) is 0. The summed E-state index contributed by atoms with van der Waals surface area (Å²) in [5.74, 6) is 0.186. The van der Waals surface area contributed by atoms with Gasteiger partial charge in [-0.25, -0.2) is 4.79 Å². The number of hydrogen-bond donors (Lipinski definition) is 1. The Bertz CT molecular complexity index is 1020. The predicted octanol–water partition coefficient (Wildman–Crippen LogP) is 5.46. The fraction of sp³-hybridized carbons (Fsp3) is 0.375. The molecule has 2 aromatic carbocycles. The summed E-state index contributed by atoms with van der Waals surface area (Å²) in [6, 6.07) is 15.2. The second-order valence-corrected chi connectivity index (χ2v) is 9.70. The molecule has 2 heterocycles. The van der Waals surface area contributed by atoms with Crippen LogP contribution in [0.1, 0.15) is 48.9 Å². The highest BCUT2D eigenvalue weighted by molar-refractivity contribution is 7.03. The fourth-order valence-corrected chi connectivity index (χ4v) is 4.69. The van der Waals surface area contributed by atoms with Gasteiger partial charge in [0.15, 0.2) is 0 Å². The van der Waals surface area contributed by atoms with Crippen LogP contribution < -0.4 is 0 Å². The van der Waals surface area contributed by atoms with Crippen LogP contribution in [0.4, 0.5) is 4.79 Å². The standard InChI is InChI=1S/C24H27N3O2S/c1-24(2,3)21-14-27(23(28)29)11-10-19-13-17(6-9-20(19)21)12-16-4-7-18(8-5-16)22-15-30-26-25-22/h4-9,13,15,21H,10-12,14H2,1-3H3,(H,28,29). The van der Waals surface area contributed by atoms with E-state index in [1.807, 2.05) is 5.38 Å². The van der Waals surface area contributed by atoms with Crippen molar-refractivity contribution in [3.05, 3.63) is 70.1 Å². The summed E-state index contributed by atoms with van der Waals surface area (Å²) in [5.41, 5.74) is 7.06. The number of fused-ring (bicyclic) bond motifs is 1. The Morgan fingerprint density at radius 3 is 2.53 bits per heavy atom. The van der Waals surface area contributed by atoms with E-state index in [2.05, 4.69) is 72.8 Å². The van der Waals surface area contributed by atoms with Gasteiger partial charge in [-0.15, -0.1) is 5.10 Å². The van der Waals surface area contributed by atoms with E-state index in [0.717, 1.165) is 24.1 Å². The van der Waals surface area contributed by atoms with E-state index < -0.39 is 6.09 Å². The second kappa shape index (κ2) is 8.19. The molecule has 0 aliphatic carbocycles. The van der Waals surface area contributed by atoms with Crippen molar-refractivity contribution in [3.63, 3.8) is 0 Å². The molecule has 1 unspecified atom stereocenters. The molecule has 0 fully saturated rings. The molecule has 4 rings (SSSR count). The first-order valence-electron chi connectivity index (χ1n) is 10.3. The Morgan fingerprint density at radius 2 is 1.90 bits per heavy atom. The zero-order valence-corrected chi connectivity index (χ0v) is 18.4. The monoisotopic (exact) mass is 421 g/mol. The summed E-state index contributed by atoms with van der Waals surface area (Å²) in [6.07, 6.45) is 0.788. The molecular weight excluding hydrogens is 394 g/mol. The van der Waals surface area contributed by atoms with Crippen LogP contribution >= 0.6 is 11.5 Å². The number of amides is 1. The van der Waals surface area contributed by atoms with Gasteiger partial charge in [0.25, 0.3) is 0 Å². The minimum Gasteiger partial charge on any atom is -0.465 e. The van der Waals surface area contributed by atoms with Gasteiger partial charge in [0.2, 0.25) is 0 Å². The van der Waals surface area contributed by atoms with Crippen LogP contribution in [-0.2, 0) is 12.8 Å². The van der Waals surface area contributed by atoms with Crippen molar-refractivity contribution in [1.29, 1.82) is 0 Å². The summed E-state index contributed by atoms with van der Waals surface area (Å²) in [5, 5.41) is 15.7. The van der Waals surface area contributed by atoms with Crippen LogP contribution in [0.2, 0.25) is 0 Å². The molecule has 0 radical (unpaired) electrons. The molecule has 156 valence electrons. The lowest BCUT2D eigenvalue weighted by atomic mass is 9.74. The quantitative estimate of drug-likeness (QED) is 0.610. The number of benzene rings is 2. The van der Waals surface area contributed by atoms with E-state index in [4.69, 9.17) is 0 Å². The van der Waals surface area contributed by atoms with Crippen LogP contribution in [0, 0.1) is 5.41 Å². The van der Waals surface area contributed by atoms with Crippen LogP contribution in [-0.4, -0.2) is 38.8 Å². The molecule has 30 heavy (non-hydrogen) atoms. The highest BCUT2D eigenvalue weighted by atomic mass is 32.1. The van der Waals surface area contributed by atoms with Gasteiger partial charge >= 0.3 is 6.09 Å². The Labute approximate surface area is 181 Å². The molecule has 6 heteroatoms. The average Bonchev–Trinajstić information content (AvgIpc) is 3.15. The maximum Gasteiger partial charge on any atom is 0.407 e. The molecule has 1 N–H and O–H groups in total. The third-order valence-electron chi connectivity index (χ3n) is 5.97. The lowest BCUT2D eigenvalue weighted by Crippen LogP contribution is -2.36. The van der Waals surface area contributed by atoms with Gasteiger partial charge in [-0.1, -0.05) is 67.7 Å². The van der Waals surface area contributed by atoms with Gasteiger partial charge in [-0.2, -0.15) is 0 Å². The maximum absolute atomic E-state index is 11.7. The van der Waals surface area contributed by atoms with Gasteiger partial charge in [-0.05, 0) is 52.0 Å². The fourth-order valence-electron chi connectivity index (χ4n) is 4.22. The van der Waals surface area contributed by atoms with Crippen molar-refractivity contribution in [1.82, 2.24) is 14.5 Å². The Balaban J connectivity index is 1.58. The first-order chi connectivity index (χ1) is 14.3. The minimum absolute atomic E-state index is 0.00527. The smallest absolute Gasteiger partial charge is 0.407 e. The summed E-state index contributed by atoms with van der Waals surface area (Å²) in [4.78, 5) is 13.2. The molecule has 3 aromatic rings. The van der Waals surface area contributed by atoms with Crippen molar-refractivity contribution in [2.24, 2.45) is 5.41 Å². The maximum atomic E-state index is 11.7. The van der Waals surface area contributed by atoms with Gasteiger partial charge in [0.1, 0.15) is 5.69 Å². The van der Waals surface area contributed by atoms with Gasteiger partial charge in [0.05, 0.1) is 0 Å². The molecule has 5 nitrogen and oxygen atoms in total. The zero-order valence-electron chi connectivity index (χ0n) is 17.6. The molecule has 1 atom stereocenters. The predicted molar refractivity (Wildman–Crippen MR) is 120 cm³/mol.